The summed E-state index contributed by atoms with van der Waals surface area (Å²) in [6, 6.07) is 14.0. The molecule has 1 atom stereocenters. The van der Waals surface area contributed by atoms with Crippen LogP contribution in [0.3, 0.4) is 0 Å². The summed E-state index contributed by atoms with van der Waals surface area (Å²) in [6.07, 6.45) is 2.14. The van der Waals surface area contributed by atoms with Gasteiger partial charge in [-0.25, -0.2) is 8.42 Å². The Bertz CT molecular complexity index is 832. The lowest BCUT2D eigenvalue weighted by atomic mass is 10.1. The third-order valence-corrected chi connectivity index (χ3v) is 7.11. The third-order valence-electron chi connectivity index (χ3n) is 4.68. The van der Waals surface area contributed by atoms with E-state index in [-0.39, 0.29) is 16.0 Å². The standard InChI is InChI=1S/C19H22ClNO3S/c1-14(16-9-10-16)21(13-15-7-11-17(24-2)12-8-15)25(22,23)19-6-4-3-5-18(19)20/h3-8,11-12,14,16H,9-10,13H2,1-2H3. The predicted octanol–water partition coefficient (Wildman–Crippen LogP) is 4.34. The van der Waals surface area contributed by atoms with E-state index in [0.29, 0.717) is 12.5 Å². The molecule has 0 saturated heterocycles. The van der Waals surface area contributed by atoms with E-state index in [1.165, 1.54) is 0 Å². The first kappa shape index (κ1) is 18.2. The highest BCUT2D eigenvalue weighted by molar-refractivity contribution is 7.89. The molecule has 0 aliphatic heterocycles. The Morgan fingerprint density at radius 1 is 1.16 bits per heavy atom. The van der Waals surface area contributed by atoms with Crippen molar-refractivity contribution >= 4 is 21.6 Å². The molecule has 0 N–H and O–H groups in total. The van der Waals surface area contributed by atoms with Crippen molar-refractivity contribution in [1.82, 2.24) is 4.31 Å². The van der Waals surface area contributed by atoms with Gasteiger partial charge in [0.25, 0.3) is 0 Å². The molecule has 25 heavy (non-hydrogen) atoms. The molecular weight excluding hydrogens is 358 g/mol. The third kappa shape index (κ3) is 4.00. The minimum absolute atomic E-state index is 0.0663. The Hall–Kier alpha value is -1.56. The van der Waals surface area contributed by atoms with Crippen molar-refractivity contribution < 1.29 is 13.2 Å². The van der Waals surface area contributed by atoms with Crippen LogP contribution >= 0.6 is 11.6 Å². The van der Waals surface area contributed by atoms with Gasteiger partial charge in [-0.3, -0.25) is 0 Å². The SMILES string of the molecule is COc1ccc(CN(C(C)C2CC2)S(=O)(=O)c2ccccc2Cl)cc1. The van der Waals surface area contributed by atoms with Crippen LogP contribution < -0.4 is 4.74 Å². The molecule has 0 bridgehead atoms. The van der Waals surface area contributed by atoms with Crippen LogP contribution in [0.25, 0.3) is 0 Å². The zero-order valence-electron chi connectivity index (χ0n) is 14.4. The molecular formula is C19H22ClNO3S. The highest BCUT2D eigenvalue weighted by Gasteiger charge is 2.38. The monoisotopic (exact) mass is 379 g/mol. The topological polar surface area (TPSA) is 46.6 Å². The molecule has 0 amide bonds. The van der Waals surface area contributed by atoms with Crippen LogP contribution in [0.5, 0.6) is 5.75 Å². The van der Waals surface area contributed by atoms with E-state index in [1.807, 2.05) is 31.2 Å². The van der Waals surface area contributed by atoms with Crippen molar-refractivity contribution in [3.8, 4) is 5.75 Å². The Labute approximate surface area is 154 Å². The van der Waals surface area contributed by atoms with E-state index in [2.05, 4.69) is 0 Å². The second kappa shape index (κ2) is 7.36. The Kier molecular flexibility index (Phi) is 5.37. The quantitative estimate of drug-likeness (QED) is 0.719. The molecule has 0 heterocycles. The minimum atomic E-state index is -3.68. The zero-order valence-corrected chi connectivity index (χ0v) is 15.9. The van der Waals surface area contributed by atoms with Gasteiger partial charge in [0, 0.05) is 12.6 Å². The van der Waals surface area contributed by atoms with Crippen LogP contribution in [0.1, 0.15) is 25.3 Å². The smallest absolute Gasteiger partial charge is 0.245 e. The largest absolute Gasteiger partial charge is 0.497 e. The summed E-state index contributed by atoms with van der Waals surface area (Å²) in [5.74, 6) is 1.16. The zero-order chi connectivity index (χ0) is 18.0. The van der Waals surface area contributed by atoms with Gasteiger partial charge in [-0.2, -0.15) is 4.31 Å². The van der Waals surface area contributed by atoms with Gasteiger partial charge in [0.2, 0.25) is 10.0 Å². The number of benzene rings is 2. The van der Waals surface area contributed by atoms with Gasteiger partial charge in [-0.05, 0) is 55.5 Å². The molecule has 1 unspecified atom stereocenters. The first-order valence-electron chi connectivity index (χ1n) is 8.33. The minimum Gasteiger partial charge on any atom is -0.497 e. The molecule has 1 saturated carbocycles. The fraction of sp³-hybridized carbons (Fsp3) is 0.368. The number of sulfonamides is 1. The summed E-state index contributed by atoms with van der Waals surface area (Å²) in [5, 5.41) is 0.255. The number of hydrogen-bond donors (Lipinski definition) is 0. The summed E-state index contributed by atoms with van der Waals surface area (Å²) in [6.45, 7) is 2.30. The Morgan fingerprint density at radius 2 is 1.80 bits per heavy atom. The fourth-order valence-electron chi connectivity index (χ4n) is 2.95. The van der Waals surface area contributed by atoms with Gasteiger partial charge in [0.1, 0.15) is 10.6 Å². The van der Waals surface area contributed by atoms with Crippen LogP contribution in [-0.2, 0) is 16.6 Å². The number of rotatable bonds is 7. The highest BCUT2D eigenvalue weighted by Crippen LogP contribution is 2.38. The van der Waals surface area contributed by atoms with Crippen molar-refractivity contribution in [3.63, 3.8) is 0 Å². The number of ether oxygens (including phenoxy) is 1. The second-order valence-electron chi connectivity index (χ2n) is 6.41. The Morgan fingerprint density at radius 3 is 2.36 bits per heavy atom. The van der Waals surface area contributed by atoms with Crippen molar-refractivity contribution in [3.05, 3.63) is 59.1 Å². The number of nitrogens with zero attached hydrogens (tertiary/aromatic N) is 1. The summed E-state index contributed by atoms with van der Waals surface area (Å²) in [4.78, 5) is 0.165. The van der Waals surface area contributed by atoms with Crippen LogP contribution in [0.4, 0.5) is 0 Å². The maximum Gasteiger partial charge on any atom is 0.245 e. The molecule has 0 aromatic heterocycles. The van der Waals surface area contributed by atoms with Gasteiger partial charge >= 0.3 is 0 Å². The molecule has 4 nitrogen and oxygen atoms in total. The second-order valence-corrected chi connectivity index (χ2v) is 8.67. The summed E-state index contributed by atoms with van der Waals surface area (Å²) in [7, 11) is -2.07. The summed E-state index contributed by atoms with van der Waals surface area (Å²) in [5.41, 5.74) is 0.920. The lowest BCUT2D eigenvalue weighted by Crippen LogP contribution is -2.39. The van der Waals surface area contributed by atoms with E-state index in [1.54, 1.807) is 35.7 Å². The Balaban J connectivity index is 1.95. The number of methoxy groups -OCH3 is 1. The number of hydrogen-bond acceptors (Lipinski definition) is 3. The maximum atomic E-state index is 13.3. The van der Waals surface area contributed by atoms with E-state index in [0.717, 1.165) is 24.2 Å². The van der Waals surface area contributed by atoms with Crippen molar-refractivity contribution in [1.29, 1.82) is 0 Å². The van der Waals surface area contributed by atoms with Crippen LogP contribution in [-0.4, -0.2) is 25.9 Å². The van der Waals surface area contributed by atoms with Crippen LogP contribution in [0, 0.1) is 5.92 Å². The van der Waals surface area contributed by atoms with Crippen LogP contribution in [0.2, 0.25) is 5.02 Å². The predicted molar refractivity (Wildman–Crippen MR) is 99.4 cm³/mol. The average molecular weight is 380 g/mol. The lowest BCUT2D eigenvalue weighted by molar-refractivity contribution is 0.303. The molecule has 134 valence electrons. The molecule has 2 aromatic carbocycles. The van der Waals surface area contributed by atoms with Crippen molar-refractivity contribution in [2.45, 2.75) is 37.2 Å². The summed E-state index contributed by atoms with van der Waals surface area (Å²) < 4.78 is 33.3. The van der Waals surface area contributed by atoms with Gasteiger partial charge < -0.3 is 4.74 Å². The molecule has 1 aliphatic rings. The van der Waals surface area contributed by atoms with E-state index < -0.39 is 10.0 Å². The molecule has 0 radical (unpaired) electrons. The molecule has 0 spiro atoms. The van der Waals surface area contributed by atoms with Crippen LogP contribution in [0.15, 0.2) is 53.4 Å². The van der Waals surface area contributed by atoms with Gasteiger partial charge in [-0.1, -0.05) is 35.9 Å². The number of halogens is 1. The molecule has 1 aliphatic carbocycles. The molecule has 2 aromatic rings. The molecule has 3 rings (SSSR count). The van der Waals surface area contributed by atoms with Crippen molar-refractivity contribution in [2.24, 2.45) is 5.92 Å². The molecule has 6 heteroatoms. The van der Waals surface area contributed by atoms with Crippen molar-refractivity contribution in [2.75, 3.05) is 7.11 Å². The van der Waals surface area contributed by atoms with E-state index in [9.17, 15) is 8.42 Å². The van der Waals surface area contributed by atoms with Gasteiger partial charge in [-0.15, -0.1) is 0 Å². The average Bonchev–Trinajstić information content (AvgIpc) is 3.45. The van der Waals surface area contributed by atoms with E-state index >= 15 is 0 Å². The first-order valence-corrected chi connectivity index (χ1v) is 10.1. The lowest BCUT2D eigenvalue weighted by Gasteiger charge is -2.29. The summed E-state index contributed by atoms with van der Waals surface area (Å²) >= 11 is 6.17. The fourth-order valence-corrected chi connectivity index (χ4v) is 5.13. The molecule has 1 fully saturated rings. The maximum absolute atomic E-state index is 13.3. The van der Waals surface area contributed by atoms with Gasteiger partial charge in [0.05, 0.1) is 12.1 Å². The van der Waals surface area contributed by atoms with Gasteiger partial charge in [0.15, 0.2) is 0 Å². The first-order chi connectivity index (χ1) is 11.9. The highest BCUT2D eigenvalue weighted by atomic mass is 35.5. The normalized spacial score (nSPS) is 16.0. The van der Waals surface area contributed by atoms with E-state index in [4.69, 9.17) is 16.3 Å².